The SMILES string of the molecule is CO[Si](CCCNC(=O)c1ccc(-c2nnc(-c3cc(C(F)(F)F)cc(C(F)(F)F)c3)nn2)cc1)(OC)OC. The Morgan fingerprint density at radius 1 is 0.769 bits per heavy atom. The largest absolute Gasteiger partial charge is 0.500 e. The number of amides is 1. The lowest BCUT2D eigenvalue weighted by Gasteiger charge is -2.24. The van der Waals surface area contributed by atoms with E-state index in [9.17, 15) is 31.1 Å². The standard InChI is InChI=1S/C23H23F6N5O4Si/c1-36-39(37-2,38-3)10-4-9-30-21(35)15-7-5-14(6-8-15)19-31-33-20(34-32-19)16-11-17(22(24,25)26)13-18(12-16)23(27,28)29/h5-8,11-13H,4,9-10H2,1-3H3,(H,30,35). The molecule has 0 aliphatic heterocycles. The van der Waals surface area contributed by atoms with Crippen LogP contribution < -0.4 is 5.32 Å². The number of carbonyl (C=O) groups excluding carboxylic acids is 1. The molecule has 1 heterocycles. The lowest BCUT2D eigenvalue weighted by molar-refractivity contribution is -0.143. The van der Waals surface area contributed by atoms with Crippen LogP contribution in [0.3, 0.4) is 0 Å². The zero-order chi connectivity index (χ0) is 28.8. The van der Waals surface area contributed by atoms with Crippen molar-refractivity contribution in [2.75, 3.05) is 27.9 Å². The van der Waals surface area contributed by atoms with E-state index in [0.29, 0.717) is 42.3 Å². The molecule has 3 rings (SSSR count). The van der Waals surface area contributed by atoms with E-state index in [1.807, 2.05) is 0 Å². The van der Waals surface area contributed by atoms with Gasteiger partial charge in [-0.05, 0) is 36.8 Å². The number of hydrogen-bond donors (Lipinski definition) is 1. The topological polar surface area (TPSA) is 108 Å². The lowest BCUT2D eigenvalue weighted by Crippen LogP contribution is -2.43. The molecule has 0 aliphatic rings. The van der Waals surface area contributed by atoms with Crippen molar-refractivity contribution in [2.45, 2.75) is 24.8 Å². The normalized spacial score (nSPS) is 12.4. The summed E-state index contributed by atoms with van der Waals surface area (Å²) < 4.78 is 94.7. The zero-order valence-electron chi connectivity index (χ0n) is 20.9. The van der Waals surface area contributed by atoms with Crippen LogP contribution in [0.1, 0.15) is 27.9 Å². The summed E-state index contributed by atoms with van der Waals surface area (Å²) in [5.41, 5.74) is -2.86. The van der Waals surface area contributed by atoms with Crippen molar-refractivity contribution in [3.05, 3.63) is 59.2 Å². The number of halogens is 6. The van der Waals surface area contributed by atoms with Gasteiger partial charge in [0.1, 0.15) is 0 Å². The van der Waals surface area contributed by atoms with E-state index in [4.69, 9.17) is 13.3 Å². The van der Waals surface area contributed by atoms with Crippen LogP contribution in [0.4, 0.5) is 26.3 Å². The Hall–Kier alpha value is -3.47. The molecular formula is C23H23F6N5O4Si. The van der Waals surface area contributed by atoms with Crippen LogP contribution in [0.5, 0.6) is 0 Å². The molecule has 16 heteroatoms. The molecule has 1 amide bonds. The summed E-state index contributed by atoms with van der Waals surface area (Å²) in [5, 5.41) is 17.6. The molecule has 210 valence electrons. The fourth-order valence-corrected chi connectivity index (χ4v) is 5.20. The summed E-state index contributed by atoms with van der Waals surface area (Å²) in [4.78, 5) is 12.4. The van der Waals surface area contributed by atoms with E-state index in [1.165, 1.54) is 45.6 Å². The van der Waals surface area contributed by atoms with E-state index in [2.05, 4.69) is 25.7 Å². The number of nitrogens with zero attached hydrogens (tertiary/aromatic N) is 4. The third-order valence-electron chi connectivity index (χ3n) is 5.61. The Morgan fingerprint density at radius 3 is 1.67 bits per heavy atom. The molecule has 0 bridgehead atoms. The number of benzene rings is 2. The molecule has 39 heavy (non-hydrogen) atoms. The van der Waals surface area contributed by atoms with E-state index in [-0.39, 0.29) is 17.8 Å². The van der Waals surface area contributed by atoms with Crippen molar-refractivity contribution in [1.82, 2.24) is 25.7 Å². The van der Waals surface area contributed by atoms with Gasteiger partial charge in [0.05, 0.1) is 11.1 Å². The Kier molecular flexibility index (Phi) is 9.37. The van der Waals surface area contributed by atoms with E-state index in [1.54, 1.807) is 0 Å². The highest BCUT2D eigenvalue weighted by atomic mass is 28.4. The van der Waals surface area contributed by atoms with Gasteiger partial charge in [0.2, 0.25) is 11.6 Å². The molecule has 0 spiro atoms. The Morgan fingerprint density at radius 2 is 1.23 bits per heavy atom. The predicted molar refractivity (Wildman–Crippen MR) is 127 cm³/mol. The number of rotatable bonds is 10. The van der Waals surface area contributed by atoms with Crippen molar-refractivity contribution in [1.29, 1.82) is 0 Å². The van der Waals surface area contributed by atoms with Gasteiger partial charge in [-0.15, -0.1) is 20.4 Å². The van der Waals surface area contributed by atoms with Gasteiger partial charge in [0.25, 0.3) is 5.91 Å². The molecule has 1 aromatic heterocycles. The van der Waals surface area contributed by atoms with Gasteiger partial charge in [-0.2, -0.15) is 26.3 Å². The molecule has 1 N–H and O–H groups in total. The first-order chi connectivity index (χ1) is 18.3. The van der Waals surface area contributed by atoms with Crippen LogP contribution in [0.25, 0.3) is 22.8 Å². The van der Waals surface area contributed by atoms with Crippen LogP contribution in [0.15, 0.2) is 42.5 Å². The minimum absolute atomic E-state index is 0.00415. The van der Waals surface area contributed by atoms with Gasteiger partial charge >= 0.3 is 21.2 Å². The number of carbonyl (C=O) groups is 1. The van der Waals surface area contributed by atoms with Crippen LogP contribution >= 0.6 is 0 Å². The summed E-state index contributed by atoms with van der Waals surface area (Å²) in [6.07, 6.45) is -9.48. The van der Waals surface area contributed by atoms with Crippen LogP contribution in [-0.2, 0) is 25.6 Å². The zero-order valence-corrected chi connectivity index (χ0v) is 21.9. The third-order valence-corrected chi connectivity index (χ3v) is 8.44. The minimum atomic E-state index is -5.02. The Balaban J connectivity index is 1.70. The quantitative estimate of drug-likeness (QED) is 0.212. The number of aromatic nitrogens is 4. The van der Waals surface area contributed by atoms with Crippen molar-refractivity contribution in [3.63, 3.8) is 0 Å². The van der Waals surface area contributed by atoms with E-state index < -0.39 is 43.7 Å². The van der Waals surface area contributed by atoms with Crippen molar-refractivity contribution in [3.8, 4) is 22.8 Å². The highest BCUT2D eigenvalue weighted by molar-refractivity contribution is 6.60. The molecule has 0 radical (unpaired) electrons. The third kappa shape index (κ3) is 7.56. The number of hydrogen-bond acceptors (Lipinski definition) is 8. The molecule has 2 aromatic carbocycles. The Bertz CT molecular complexity index is 1230. The van der Waals surface area contributed by atoms with Crippen molar-refractivity contribution >= 4 is 14.7 Å². The summed E-state index contributed by atoms with van der Waals surface area (Å²) in [7, 11) is 1.75. The number of alkyl halides is 6. The summed E-state index contributed by atoms with van der Waals surface area (Å²) in [6, 6.07) is 7.46. The van der Waals surface area contributed by atoms with Crippen LogP contribution in [0, 0.1) is 0 Å². The summed E-state index contributed by atoms with van der Waals surface area (Å²) in [5.74, 6) is -0.916. The molecule has 3 aromatic rings. The lowest BCUT2D eigenvalue weighted by atomic mass is 10.0. The van der Waals surface area contributed by atoms with Gasteiger partial charge in [0.15, 0.2) is 0 Å². The van der Waals surface area contributed by atoms with E-state index >= 15 is 0 Å². The molecule has 0 fully saturated rings. The molecule has 0 aliphatic carbocycles. The van der Waals surface area contributed by atoms with Crippen molar-refractivity contribution < 1.29 is 44.4 Å². The highest BCUT2D eigenvalue weighted by Crippen LogP contribution is 2.38. The molecule has 0 unspecified atom stereocenters. The second-order valence-electron chi connectivity index (χ2n) is 8.07. The summed E-state index contributed by atoms with van der Waals surface area (Å²) in [6.45, 7) is 0.343. The average molecular weight is 576 g/mol. The highest BCUT2D eigenvalue weighted by Gasteiger charge is 2.38. The number of nitrogens with one attached hydrogen (secondary N) is 1. The van der Waals surface area contributed by atoms with Gasteiger partial charge < -0.3 is 18.6 Å². The molecule has 9 nitrogen and oxygen atoms in total. The monoisotopic (exact) mass is 575 g/mol. The first-order valence-corrected chi connectivity index (χ1v) is 13.2. The molecular weight excluding hydrogens is 552 g/mol. The predicted octanol–water partition coefficient (Wildman–Crippen LogP) is 4.64. The second kappa shape index (κ2) is 12.1. The minimum Gasteiger partial charge on any atom is -0.377 e. The van der Waals surface area contributed by atoms with Gasteiger partial charge in [-0.3, -0.25) is 4.79 Å². The van der Waals surface area contributed by atoms with Gasteiger partial charge in [0, 0.05) is 50.6 Å². The fraction of sp³-hybridized carbons (Fsp3) is 0.348. The maximum absolute atomic E-state index is 13.1. The average Bonchev–Trinajstić information content (AvgIpc) is 2.92. The Labute approximate surface area is 219 Å². The van der Waals surface area contributed by atoms with Crippen LogP contribution in [0.2, 0.25) is 6.04 Å². The molecule has 0 saturated heterocycles. The molecule has 0 atom stereocenters. The first kappa shape index (κ1) is 30.1. The van der Waals surface area contributed by atoms with Crippen LogP contribution in [-0.4, -0.2) is 63.0 Å². The fourth-order valence-electron chi connectivity index (χ4n) is 3.48. The second-order valence-corrected chi connectivity index (χ2v) is 11.2. The smallest absolute Gasteiger partial charge is 0.377 e. The molecule has 0 saturated carbocycles. The van der Waals surface area contributed by atoms with Gasteiger partial charge in [-0.1, -0.05) is 12.1 Å². The first-order valence-electron chi connectivity index (χ1n) is 11.2. The van der Waals surface area contributed by atoms with Gasteiger partial charge in [-0.25, -0.2) is 0 Å². The maximum Gasteiger partial charge on any atom is 0.500 e. The summed E-state index contributed by atoms with van der Waals surface area (Å²) >= 11 is 0. The van der Waals surface area contributed by atoms with E-state index in [0.717, 1.165) is 0 Å². The maximum atomic E-state index is 13.1. The van der Waals surface area contributed by atoms with Crippen molar-refractivity contribution in [2.24, 2.45) is 0 Å².